The second-order valence-electron chi connectivity index (χ2n) is 3.61. The molecule has 2 heteroatoms. The zero-order chi connectivity index (χ0) is 8.97. The molecule has 1 aliphatic heterocycles. The number of rotatable bonds is 2. The van der Waals surface area contributed by atoms with Gasteiger partial charge in [-0.3, -0.25) is 4.90 Å². The van der Waals surface area contributed by atoms with Gasteiger partial charge in [0.15, 0.2) is 0 Å². The molecule has 1 saturated heterocycles. The molecule has 0 radical (unpaired) electrons. The Morgan fingerprint density at radius 3 is 3.08 bits per heavy atom. The van der Waals surface area contributed by atoms with Gasteiger partial charge in [-0.05, 0) is 13.8 Å². The molecule has 1 heterocycles. The molecule has 0 bridgehead atoms. The summed E-state index contributed by atoms with van der Waals surface area (Å²) in [5, 5.41) is 3.42. The number of hydrogen-bond acceptors (Lipinski definition) is 2. The van der Waals surface area contributed by atoms with E-state index in [4.69, 9.17) is 6.42 Å². The first kappa shape index (κ1) is 9.57. The lowest BCUT2D eigenvalue weighted by Crippen LogP contribution is -2.52. The third-order valence-corrected chi connectivity index (χ3v) is 2.44. The molecule has 68 valence electrons. The zero-order valence-electron chi connectivity index (χ0n) is 8.01. The normalized spacial score (nSPS) is 27.9. The van der Waals surface area contributed by atoms with E-state index in [1.54, 1.807) is 0 Å². The second kappa shape index (κ2) is 4.49. The lowest BCUT2D eigenvalue weighted by Gasteiger charge is -2.35. The van der Waals surface area contributed by atoms with Gasteiger partial charge in [-0.1, -0.05) is 0 Å². The lowest BCUT2D eigenvalue weighted by atomic mass is 10.1. The summed E-state index contributed by atoms with van der Waals surface area (Å²) in [6, 6.07) is 1.15. The number of hydrogen-bond donors (Lipinski definition) is 1. The topological polar surface area (TPSA) is 15.3 Å². The van der Waals surface area contributed by atoms with Crippen LogP contribution in [0.1, 0.15) is 20.3 Å². The third-order valence-electron chi connectivity index (χ3n) is 2.44. The Balaban J connectivity index is 2.35. The standard InChI is InChI=1S/C10H18N2/c1-4-5-10(3)12-7-6-11-9(2)8-12/h1,9-11H,5-8H2,2-3H3. The Morgan fingerprint density at radius 1 is 1.75 bits per heavy atom. The molecule has 0 aromatic heterocycles. The molecular formula is C10H18N2. The van der Waals surface area contributed by atoms with Crippen LogP contribution in [0.25, 0.3) is 0 Å². The van der Waals surface area contributed by atoms with Crippen LogP contribution < -0.4 is 5.32 Å². The summed E-state index contributed by atoms with van der Waals surface area (Å²) in [6.45, 7) is 7.78. The van der Waals surface area contributed by atoms with Crippen LogP contribution in [-0.2, 0) is 0 Å². The Hall–Kier alpha value is -0.520. The van der Waals surface area contributed by atoms with Gasteiger partial charge in [-0.2, -0.15) is 0 Å². The molecule has 1 aliphatic rings. The molecule has 1 fully saturated rings. The monoisotopic (exact) mass is 166 g/mol. The summed E-state index contributed by atoms with van der Waals surface area (Å²) >= 11 is 0. The second-order valence-corrected chi connectivity index (χ2v) is 3.61. The van der Waals surface area contributed by atoms with E-state index in [0.29, 0.717) is 12.1 Å². The molecule has 1 N–H and O–H groups in total. The van der Waals surface area contributed by atoms with E-state index < -0.39 is 0 Å². The zero-order valence-corrected chi connectivity index (χ0v) is 8.01. The van der Waals surface area contributed by atoms with Crippen molar-refractivity contribution in [3.8, 4) is 12.3 Å². The summed E-state index contributed by atoms with van der Waals surface area (Å²) in [4.78, 5) is 2.46. The van der Waals surface area contributed by atoms with Gasteiger partial charge in [0.05, 0.1) is 0 Å². The quantitative estimate of drug-likeness (QED) is 0.607. The van der Waals surface area contributed by atoms with Crippen LogP contribution in [0.3, 0.4) is 0 Å². The summed E-state index contributed by atoms with van der Waals surface area (Å²) < 4.78 is 0. The van der Waals surface area contributed by atoms with Crippen molar-refractivity contribution < 1.29 is 0 Å². The number of piperazine rings is 1. The first-order valence-electron chi connectivity index (χ1n) is 4.65. The summed E-state index contributed by atoms with van der Waals surface area (Å²) in [5.41, 5.74) is 0. The number of terminal acetylenes is 1. The predicted molar refractivity (Wildman–Crippen MR) is 51.9 cm³/mol. The predicted octanol–water partition coefficient (Wildman–Crippen LogP) is 0.692. The highest BCUT2D eigenvalue weighted by Crippen LogP contribution is 2.06. The highest BCUT2D eigenvalue weighted by atomic mass is 15.2. The van der Waals surface area contributed by atoms with E-state index in [9.17, 15) is 0 Å². The molecule has 1 rings (SSSR count). The van der Waals surface area contributed by atoms with Crippen LogP contribution in [-0.4, -0.2) is 36.6 Å². The van der Waals surface area contributed by atoms with Gasteiger partial charge < -0.3 is 5.32 Å². The molecule has 2 unspecified atom stereocenters. The summed E-state index contributed by atoms with van der Waals surface area (Å²) in [6.07, 6.45) is 6.15. The van der Waals surface area contributed by atoms with Crippen molar-refractivity contribution in [2.45, 2.75) is 32.4 Å². The average Bonchev–Trinajstić information content (AvgIpc) is 2.05. The van der Waals surface area contributed by atoms with E-state index in [1.807, 2.05) is 0 Å². The van der Waals surface area contributed by atoms with Crippen LogP contribution in [0.4, 0.5) is 0 Å². The minimum atomic E-state index is 0.541. The highest BCUT2D eigenvalue weighted by Gasteiger charge is 2.19. The van der Waals surface area contributed by atoms with Gasteiger partial charge in [0, 0.05) is 38.1 Å². The van der Waals surface area contributed by atoms with Crippen LogP contribution in [0, 0.1) is 12.3 Å². The van der Waals surface area contributed by atoms with Crippen molar-refractivity contribution in [1.29, 1.82) is 0 Å². The lowest BCUT2D eigenvalue weighted by molar-refractivity contribution is 0.160. The van der Waals surface area contributed by atoms with Crippen LogP contribution in [0.2, 0.25) is 0 Å². The van der Waals surface area contributed by atoms with Crippen molar-refractivity contribution in [2.75, 3.05) is 19.6 Å². The number of nitrogens with zero attached hydrogens (tertiary/aromatic N) is 1. The molecule has 0 amide bonds. The minimum Gasteiger partial charge on any atom is -0.312 e. The molecule has 2 atom stereocenters. The van der Waals surface area contributed by atoms with Crippen molar-refractivity contribution in [2.24, 2.45) is 0 Å². The number of nitrogens with one attached hydrogen (secondary N) is 1. The summed E-state index contributed by atoms with van der Waals surface area (Å²) in [5.74, 6) is 2.72. The van der Waals surface area contributed by atoms with Gasteiger partial charge in [-0.15, -0.1) is 12.3 Å². The fraction of sp³-hybridized carbons (Fsp3) is 0.800. The maximum absolute atomic E-state index is 5.28. The van der Waals surface area contributed by atoms with E-state index in [1.165, 1.54) is 0 Å². The fourth-order valence-electron chi connectivity index (χ4n) is 1.66. The third kappa shape index (κ3) is 2.51. The van der Waals surface area contributed by atoms with Gasteiger partial charge in [0.1, 0.15) is 0 Å². The van der Waals surface area contributed by atoms with Crippen LogP contribution in [0.5, 0.6) is 0 Å². The Morgan fingerprint density at radius 2 is 2.50 bits per heavy atom. The molecule has 0 aromatic carbocycles. The van der Waals surface area contributed by atoms with E-state index in [2.05, 4.69) is 30.0 Å². The largest absolute Gasteiger partial charge is 0.312 e. The van der Waals surface area contributed by atoms with Crippen LogP contribution in [0.15, 0.2) is 0 Å². The molecule has 0 aromatic rings. The summed E-state index contributed by atoms with van der Waals surface area (Å²) in [7, 11) is 0. The smallest absolute Gasteiger partial charge is 0.0240 e. The van der Waals surface area contributed by atoms with Gasteiger partial charge in [0.25, 0.3) is 0 Å². The van der Waals surface area contributed by atoms with E-state index in [0.717, 1.165) is 26.1 Å². The van der Waals surface area contributed by atoms with Gasteiger partial charge >= 0.3 is 0 Å². The van der Waals surface area contributed by atoms with Crippen molar-refractivity contribution >= 4 is 0 Å². The van der Waals surface area contributed by atoms with Crippen LogP contribution >= 0.6 is 0 Å². The first-order valence-corrected chi connectivity index (χ1v) is 4.65. The highest BCUT2D eigenvalue weighted by molar-refractivity contribution is 4.90. The molecule has 12 heavy (non-hydrogen) atoms. The molecule has 0 saturated carbocycles. The van der Waals surface area contributed by atoms with Crippen molar-refractivity contribution in [3.63, 3.8) is 0 Å². The molecule has 0 aliphatic carbocycles. The Labute approximate surface area is 75.3 Å². The van der Waals surface area contributed by atoms with Gasteiger partial charge in [-0.25, -0.2) is 0 Å². The van der Waals surface area contributed by atoms with Gasteiger partial charge in [0.2, 0.25) is 0 Å². The Bertz CT molecular complexity index is 171. The van der Waals surface area contributed by atoms with Crippen molar-refractivity contribution in [1.82, 2.24) is 10.2 Å². The Kier molecular flexibility index (Phi) is 3.58. The fourth-order valence-corrected chi connectivity index (χ4v) is 1.66. The average molecular weight is 166 g/mol. The molecule has 2 nitrogen and oxygen atoms in total. The maximum Gasteiger partial charge on any atom is 0.0240 e. The van der Waals surface area contributed by atoms with E-state index >= 15 is 0 Å². The van der Waals surface area contributed by atoms with Crippen molar-refractivity contribution in [3.05, 3.63) is 0 Å². The first-order chi connectivity index (χ1) is 5.74. The molecular weight excluding hydrogens is 148 g/mol. The minimum absolute atomic E-state index is 0.541. The SMILES string of the molecule is C#CCC(C)N1CCNC(C)C1. The molecule has 0 spiro atoms. The maximum atomic E-state index is 5.28. The van der Waals surface area contributed by atoms with E-state index in [-0.39, 0.29) is 0 Å².